The number of nitrogens with two attached hydrogens (primary N) is 1. The summed E-state index contributed by atoms with van der Waals surface area (Å²) in [5.74, 6) is 36.2. The van der Waals surface area contributed by atoms with Crippen molar-refractivity contribution < 1.29 is 0 Å². The SMILES string of the molecule is CC1C(C)C2C1C1C2C2C1C1C3C4C5c6cc7c8cc6C6C(N/C8=C(\N)c8ccccc8CC7C5C4C3C21)C1C6C2C1C1C2C2C3C4C5C(C)C(C)C5C4C3C12. The number of hydrogen-bond donors (Lipinski definition) is 2. The minimum absolute atomic E-state index is 0.615. The van der Waals surface area contributed by atoms with Crippen molar-refractivity contribution in [3.63, 3.8) is 0 Å². The fourth-order valence-corrected chi connectivity index (χ4v) is 26.4. The lowest BCUT2D eigenvalue weighted by atomic mass is 9.09. The average Bonchev–Trinajstić information content (AvgIpc) is 3.27. The summed E-state index contributed by atoms with van der Waals surface area (Å²) in [6.45, 7) is 10.5. The van der Waals surface area contributed by atoms with Crippen molar-refractivity contribution in [2.45, 2.75) is 57.9 Å². The molecule has 15 saturated carbocycles. The second kappa shape index (κ2) is 7.79. The molecule has 2 nitrogen and oxygen atoms in total. The predicted octanol–water partition coefficient (Wildman–Crippen LogP) is 8.65. The number of nitrogens with one attached hydrogen (secondary N) is 1. The molecule has 2 aromatic carbocycles. The van der Waals surface area contributed by atoms with E-state index in [9.17, 15) is 0 Å². The third kappa shape index (κ3) is 2.16. The van der Waals surface area contributed by atoms with Crippen molar-refractivity contribution in [2.24, 2.45) is 189 Å². The van der Waals surface area contributed by atoms with E-state index < -0.39 is 0 Å². The molecule has 20 rings (SSSR count). The summed E-state index contributed by atoms with van der Waals surface area (Å²) in [6, 6.07) is 15.8. The summed E-state index contributed by atoms with van der Waals surface area (Å²) in [7, 11) is 0. The maximum absolute atomic E-state index is 7.48. The fourth-order valence-electron chi connectivity index (χ4n) is 26.4. The lowest BCUT2D eigenvalue weighted by molar-refractivity contribution is -0.478. The van der Waals surface area contributed by atoms with E-state index in [1.807, 2.05) is 11.1 Å². The van der Waals surface area contributed by atoms with Gasteiger partial charge in [-0.15, -0.1) is 0 Å². The Bertz CT molecular complexity index is 2440. The normalized spacial score (nSPS) is 73.8. The highest BCUT2D eigenvalue weighted by Gasteiger charge is 2.93. The summed E-state index contributed by atoms with van der Waals surface area (Å²) in [5, 5.41) is 4.47. The molecule has 35 atom stereocenters. The van der Waals surface area contributed by atoms with Crippen molar-refractivity contribution in [2.75, 3.05) is 0 Å². The minimum atomic E-state index is 0.615. The van der Waals surface area contributed by atoms with E-state index in [-0.39, 0.29) is 0 Å². The highest BCUT2D eigenvalue weighted by Crippen LogP contribution is 2.96. The van der Waals surface area contributed by atoms with Crippen LogP contribution in [-0.4, -0.2) is 6.04 Å². The van der Waals surface area contributed by atoms with Crippen molar-refractivity contribution >= 4 is 11.4 Å². The van der Waals surface area contributed by atoms with Gasteiger partial charge in [-0.1, -0.05) is 58.0 Å². The molecule has 0 spiro atoms. The van der Waals surface area contributed by atoms with Crippen LogP contribution < -0.4 is 11.1 Å². The highest BCUT2D eigenvalue weighted by atomic mass is 15.1. The standard InChI is InChI=1S/C54H58N2/c1-12-13(2)24-23(12)30-31(24)38-37(30)44-41-34-27-19-9-16-7-5-6-8-17(16)52(55)53-22-11-21(20(10-18(19)22)28(27)35(34)42(41)45(38)44)29-36-43-48-46-39-32-25-14(3)15(4)26(25)33(32)40(39)47(46)49(48)50(43)51(36)54(29)56-53/h5-8,10-15,19,23-51,54,56H,9,55H2,1-4H3/b53-52-. The maximum Gasteiger partial charge on any atom is 0.0659 e. The molecule has 0 radical (unpaired) electrons. The third-order valence-electron chi connectivity index (χ3n) is 27.6. The topological polar surface area (TPSA) is 38.0 Å². The Balaban J connectivity index is 0.699. The van der Waals surface area contributed by atoms with Gasteiger partial charge in [-0.05, 0) is 230 Å². The van der Waals surface area contributed by atoms with Crippen LogP contribution in [0.3, 0.4) is 0 Å². The second-order valence-electron chi connectivity index (χ2n) is 26.1. The van der Waals surface area contributed by atoms with E-state index in [2.05, 4.69) is 69.4 Å². The van der Waals surface area contributed by atoms with Crippen LogP contribution in [0.4, 0.5) is 0 Å². The Labute approximate surface area is 332 Å². The highest BCUT2D eigenvalue weighted by molar-refractivity contribution is 5.92. The van der Waals surface area contributed by atoms with Crippen LogP contribution in [0.25, 0.3) is 11.4 Å². The van der Waals surface area contributed by atoms with Crippen LogP contribution in [0.2, 0.25) is 0 Å². The first-order valence-corrected chi connectivity index (χ1v) is 25.0. The lowest BCUT2D eigenvalue weighted by Gasteiger charge is -2.95. The van der Waals surface area contributed by atoms with E-state index >= 15 is 0 Å². The van der Waals surface area contributed by atoms with Crippen LogP contribution in [0, 0.1) is 183 Å². The van der Waals surface area contributed by atoms with Gasteiger partial charge in [0.2, 0.25) is 0 Å². The van der Waals surface area contributed by atoms with Gasteiger partial charge < -0.3 is 11.1 Å². The van der Waals surface area contributed by atoms with Gasteiger partial charge in [0, 0.05) is 23.1 Å². The molecule has 18 aliphatic rings. The number of hydrogen-bond acceptors (Lipinski definition) is 2. The Hall–Kier alpha value is -2.22. The average molecular weight is 735 g/mol. The molecular formula is C54H58N2. The van der Waals surface area contributed by atoms with E-state index in [1.54, 1.807) is 11.1 Å². The van der Waals surface area contributed by atoms with Gasteiger partial charge in [-0.25, -0.2) is 0 Å². The number of fused-ring (bicyclic) bond motifs is 48. The molecule has 15 fully saturated rings. The van der Waals surface area contributed by atoms with Gasteiger partial charge >= 0.3 is 0 Å². The molecule has 35 unspecified atom stereocenters. The van der Waals surface area contributed by atoms with E-state index in [1.165, 1.54) is 58.8 Å². The largest absolute Gasteiger partial charge is 0.397 e. The van der Waals surface area contributed by atoms with Crippen LogP contribution in [-0.2, 0) is 6.42 Å². The maximum atomic E-state index is 7.48. The van der Waals surface area contributed by atoms with Crippen LogP contribution in [0.1, 0.15) is 78.8 Å². The van der Waals surface area contributed by atoms with Crippen LogP contribution in [0.5, 0.6) is 0 Å². The number of benzene rings is 2. The Morgan fingerprint density at radius 1 is 0.429 bits per heavy atom. The van der Waals surface area contributed by atoms with Gasteiger partial charge in [-0.3, -0.25) is 0 Å². The summed E-state index contributed by atoms with van der Waals surface area (Å²) in [5.41, 5.74) is 19.9. The minimum Gasteiger partial charge on any atom is -0.397 e. The Morgan fingerprint density at radius 3 is 1.41 bits per heavy atom. The third-order valence-corrected chi connectivity index (χ3v) is 27.6. The lowest BCUT2D eigenvalue weighted by Crippen LogP contribution is -2.92. The summed E-state index contributed by atoms with van der Waals surface area (Å²) in [6.07, 6.45) is 1.21. The molecule has 2 heteroatoms. The molecule has 17 aliphatic carbocycles. The smallest absolute Gasteiger partial charge is 0.0659 e. The van der Waals surface area contributed by atoms with Crippen LogP contribution >= 0.6 is 0 Å². The summed E-state index contributed by atoms with van der Waals surface area (Å²) < 4.78 is 0. The Kier molecular flexibility index (Phi) is 3.93. The van der Waals surface area contributed by atoms with Crippen molar-refractivity contribution in [3.8, 4) is 0 Å². The quantitative estimate of drug-likeness (QED) is 0.266. The molecule has 0 amide bonds. The first kappa shape index (κ1) is 28.3. The zero-order valence-corrected chi connectivity index (χ0v) is 33.5. The summed E-state index contributed by atoms with van der Waals surface area (Å²) >= 11 is 0. The van der Waals surface area contributed by atoms with E-state index in [0.29, 0.717) is 12.0 Å². The number of rotatable bonds is 0. The van der Waals surface area contributed by atoms with Gasteiger partial charge in [0.05, 0.1) is 11.4 Å². The first-order valence-electron chi connectivity index (χ1n) is 25.0. The van der Waals surface area contributed by atoms with Gasteiger partial charge in [0.15, 0.2) is 0 Å². The van der Waals surface area contributed by atoms with Crippen molar-refractivity contribution in [1.82, 2.24) is 5.32 Å². The molecule has 1 aliphatic heterocycles. The van der Waals surface area contributed by atoms with Gasteiger partial charge in [0.1, 0.15) is 0 Å². The zero-order valence-electron chi connectivity index (χ0n) is 33.5. The van der Waals surface area contributed by atoms with E-state index in [0.717, 1.165) is 165 Å². The van der Waals surface area contributed by atoms with Gasteiger partial charge in [-0.2, -0.15) is 0 Å². The first-order chi connectivity index (χ1) is 27.5. The molecule has 2 aromatic rings. The molecule has 284 valence electrons. The Morgan fingerprint density at radius 2 is 0.857 bits per heavy atom. The van der Waals surface area contributed by atoms with Crippen LogP contribution in [0.15, 0.2) is 36.4 Å². The van der Waals surface area contributed by atoms with Gasteiger partial charge in [0.25, 0.3) is 0 Å². The fraction of sp³-hybridized carbons (Fsp3) is 0.741. The molecule has 4 bridgehead atoms. The molecular weight excluding hydrogens is 677 g/mol. The molecule has 3 N–H and O–H groups in total. The van der Waals surface area contributed by atoms with Crippen molar-refractivity contribution in [1.29, 1.82) is 0 Å². The summed E-state index contributed by atoms with van der Waals surface area (Å²) in [4.78, 5) is 0. The molecule has 0 saturated heterocycles. The zero-order chi connectivity index (χ0) is 35.5. The monoisotopic (exact) mass is 734 g/mol. The van der Waals surface area contributed by atoms with E-state index in [4.69, 9.17) is 5.73 Å². The molecule has 0 aromatic heterocycles. The molecule has 1 heterocycles. The predicted molar refractivity (Wildman–Crippen MR) is 214 cm³/mol. The van der Waals surface area contributed by atoms with Crippen molar-refractivity contribution in [3.05, 3.63) is 69.8 Å². The molecule has 56 heavy (non-hydrogen) atoms. The second-order valence-corrected chi connectivity index (χ2v) is 26.1.